The van der Waals surface area contributed by atoms with E-state index >= 15 is 0 Å². The van der Waals surface area contributed by atoms with Gasteiger partial charge >= 0.3 is 0 Å². The summed E-state index contributed by atoms with van der Waals surface area (Å²) in [6.07, 6.45) is 0. The van der Waals surface area contributed by atoms with Gasteiger partial charge in [0.15, 0.2) is 17.5 Å². The van der Waals surface area contributed by atoms with E-state index in [1.54, 1.807) is 0 Å². The molecule has 0 saturated carbocycles. The topological polar surface area (TPSA) is 48.4 Å². The molecule has 1 aromatic heterocycles. The van der Waals surface area contributed by atoms with Gasteiger partial charge in [-0.3, -0.25) is 0 Å². The van der Waals surface area contributed by atoms with E-state index in [0.717, 1.165) is 101 Å². The predicted molar refractivity (Wildman–Crippen MR) is 336 cm³/mol. The second kappa shape index (κ2) is 22.9. The van der Waals surface area contributed by atoms with Gasteiger partial charge in [-0.25, -0.2) is 15.0 Å². The number of nitrogens with zero attached hydrogens (tertiary/aromatic N) is 6. The summed E-state index contributed by atoms with van der Waals surface area (Å²) in [5.41, 5.74) is 18.8. The summed E-state index contributed by atoms with van der Waals surface area (Å²) >= 11 is 0. The number of hydrogen-bond acceptors (Lipinski definition) is 6. The average molecular weight is 1040 g/mol. The van der Waals surface area contributed by atoms with Crippen LogP contribution in [0.3, 0.4) is 0 Å². The lowest BCUT2D eigenvalue weighted by Crippen LogP contribution is -2.09. The van der Waals surface area contributed by atoms with Crippen molar-refractivity contribution in [1.82, 2.24) is 15.0 Å². The minimum absolute atomic E-state index is 0.584. The Hall–Kier alpha value is -11.0. The zero-order valence-corrected chi connectivity index (χ0v) is 44.4. The SMILES string of the molecule is c1ccc(N(c2ccccc2)c2ccc(-c3cccc(-c4nc(-c5cccc(-c6ccc(N(c7ccccc7)c7ccccc7)cc6)c5)nc(-c5cccc(-c6ccc(N(c7ccccc7)c7ccccc7)cc6)c5)n4)c3)cc2)cc1. The van der Waals surface area contributed by atoms with Crippen LogP contribution in [-0.2, 0) is 0 Å². The van der Waals surface area contributed by atoms with Gasteiger partial charge in [0.1, 0.15) is 0 Å². The minimum Gasteiger partial charge on any atom is -0.311 e. The predicted octanol–water partition coefficient (Wildman–Crippen LogP) is 20.3. The maximum atomic E-state index is 5.29. The molecule has 0 N–H and O–H groups in total. The third-order valence-corrected chi connectivity index (χ3v) is 14.5. The molecule has 13 rings (SSSR count). The molecule has 0 radical (unpaired) electrons. The second-order valence-electron chi connectivity index (χ2n) is 19.7. The van der Waals surface area contributed by atoms with Crippen molar-refractivity contribution in [3.8, 4) is 67.5 Å². The quantitative estimate of drug-likeness (QED) is 0.102. The zero-order chi connectivity index (χ0) is 54.2. The normalized spacial score (nSPS) is 11.0. The second-order valence-corrected chi connectivity index (χ2v) is 19.7. The highest BCUT2D eigenvalue weighted by Gasteiger charge is 2.18. The Balaban J connectivity index is 0.864. The third kappa shape index (κ3) is 10.9. The zero-order valence-electron chi connectivity index (χ0n) is 44.4. The van der Waals surface area contributed by atoms with Crippen LogP contribution in [0.15, 0.2) is 328 Å². The summed E-state index contributed by atoms with van der Waals surface area (Å²) in [6.45, 7) is 0. The summed E-state index contributed by atoms with van der Waals surface area (Å²) in [4.78, 5) is 22.7. The van der Waals surface area contributed by atoms with Crippen molar-refractivity contribution in [2.75, 3.05) is 14.7 Å². The van der Waals surface area contributed by atoms with E-state index in [-0.39, 0.29) is 0 Å². The van der Waals surface area contributed by atoms with Crippen molar-refractivity contribution in [1.29, 1.82) is 0 Å². The maximum absolute atomic E-state index is 5.29. The van der Waals surface area contributed by atoms with Crippen LogP contribution >= 0.6 is 0 Å². The van der Waals surface area contributed by atoms with Crippen LogP contribution < -0.4 is 14.7 Å². The molecule has 0 aliphatic heterocycles. The monoisotopic (exact) mass is 1040 g/mol. The lowest BCUT2D eigenvalue weighted by atomic mass is 10.0. The highest BCUT2D eigenvalue weighted by Crippen LogP contribution is 2.40. The van der Waals surface area contributed by atoms with Crippen molar-refractivity contribution in [2.24, 2.45) is 0 Å². The van der Waals surface area contributed by atoms with E-state index in [1.165, 1.54) is 0 Å². The van der Waals surface area contributed by atoms with Crippen LogP contribution in [0, 0.1) is 0 Å². The van der Waals surface area contributed by atoms with Crippen molar-refractivity contribution in [2.45, 2.75) is 0 Å². The summed E-state index contributed by atoms with van der Waals surface area (Å²) in [5, 5.41) is 0. The summed E-state index contributed by atoms with van der Waals surface area (Å²) in [6, 6.07) is 115. The van der Waals surface area contributed by atoms with Crippen molar-refractivity contribution >= 4 is 51.2 Å². The molecule has 0 aliphatic rings. The Labute approximate surface area is 473 Å². The first-order valence-corrected chi connectivity index (χ1v) is 27.2. The lowest BCUT2D eigenvalue weighted by molar-refractivity contribution is 1.07. The van der Waals surface area contributed by atoms with Crippen LogP contribution in [0.2, 0.25) is 0 Å². The number of hydrogen-bond donors (Lipinski definition) is 0. The molecule has 0 atom stereocenters. The van der Waals surface area contributed by atoms with Crippen molar-refractivity contribution in [3.63, 3.8) is 0 Å². The molecular formula is C75H54N6. The molecule has 0 bridgehead atoms. The largest absolute Gasteiger partial charge is 0.311 e. The number of benzene rings is 12. The van der Waals surface area contributed by atoms with Crippen LogP contribution in [0.25, 0.3) is 67.5 Å². The minimum atomic E-state index is 0.584. The molecule has 12 aromatic carbocycles. The molecule has 0 unspecified atom stereocenters. The van der Waals surface area contributed by atoms with E-state index in [2.05, 4.69) is 342 Å². The molecule has 0 fully saturated rings. The molecule has 0 saturated heterocycles. The maximum Gasteiger partial charge on any atom is 0.164 e. The van der Waals surface area contributed by atoms with Gasteiger partial charge in [0.25, 0.3) is 0 Å². The van der Waals surface area contributed by atoms with E-state index in [0.29, 0.717) is 17.5 Å². The van der Waals surface area contributed by atoms with E-state index in [1.807, 2.05) is 0 Å². The summed E-state index contributed by atoms with van der Waals surface area (Å²) in [7, 11) is 0. The molecule has 0 aliphatic carbocycles. The molecule has 384 valence electrons. The fraction of sp³-hybridized carbons (Fsp3) is 0. The van der Waals surface area contributed by atoms with Crippen molar-refractivity contribution in [3.05, 3.63) is 328 Å². The van der Waals surface area contributed by atoms with Gasteiger partial charge < -0.3 is 14.7 Å². The van der Waals surface area contributed by atoms with Crippen LogP contribution in [0.5, 0.6) is 0 Å². The van der Waals surface area contributed by atoms with Gasteiger partial charge in [0.05, 0.1) is 0 Å². The molecule has 6 nitrogen and oxygen atoms in total. The molecule has 0 spiro atoms. The highest BCUT2D eigenvalue weighted by molar-refractivity contribution is 5.83. The Morgan fingerprint density at radius 1 is 0.148 bits per heavy atom. The third-order valence-electron chi connectivity index (χ3n) is 14.5. The average Bonchev–Trinajstić information content (AvgIpc) is 3.56. The number of rotatable bonds is 15. The standard InChI is InChI=1S/C75H54N6/c1-7-28-64(29-8-1)79(65-30-9-2-10-31-65)70-46-40-55(41-47-70)58-22-19-25-61(52-58)73-76-74(62-26-20-23-59(53-62)56-42-48-71(49-43-56)80(66-32-11-3-12-33-66)67-34-13-4-14-35-67)78-75(77-73)63-27-21-24-60(54-63)57-44-50-72(51-45-57)81(68-36-15-5-16-37-68)69-38-17-6-18-39-69/h1-54H. The Bertz CT molecular complexity index is 3610. The molecule has 6 heteroatoms. The number of para-hydroxylation sites is 6. The molecule has 1 heterocycles. The smallest absolute Gasteiger partial charge is 0.164 e. The van der Waals surface area contributed by atoms with E-state index < -0.39 is 0 Å². The summed E-state index contributed by atoms with van der Waals surface area (Å²) in [5.74, 6) is 1.75. The first-order chi connectivity index (χ1) is 40.1. The van der Waals surface area contributed by atoms with E-state index in [4.69, 9.17) is 15.0 Å². The van der Waals surface area contributed by atoms with Gasteiger partial charge in [-0.05, 0) is 161 Å². The Morgan fingerprint density at radius 3 is 0.543 bits per heavy atom. The first-order valence-electron chi connectivity index (χ1n) is 27.2. The fourth-order valence-electron chi connectivity index (χ4n) is 10.5. The molecular weight excluding hydrogens is 985 g/mol. The molecule has 81 heavy (non-hydrogen) atoms. The van der Waals surface area contributed by atoms with Crippen LogP contribution in [0.4, 0.5) is 51.2 Å². The number of anilines is 9. The van der Waals surface area contributed by atoms with Crippen molar-refractivity contribution < 1.29 is 0 Å². The molecule has 13 aromatic rings. The van der Waals surface area contributed by atoms with Gasteiger partial charge in [0.2, 0.25) is 0 Å². The van der Waals surface area contributed by atoms with Crippen LogP contribution in [0.1, 0.15) is 0 Å². The van der Waals surface area contributed by atoms with Gasteiger partial charge in [-0.1, -0.05) is 200 Å². The Morgan fingerprint density at radius 2 is 0.333 bits per heavy atom. The first kappa shape index (κ1) is 49.6. The highest BCUT2D eigenvalue weighted by atomic mass is 15.2. The summed E-state index contributed by atoms with van der Waals surface area (Å²) < 4.78 is 0. The van der Waals surface area contributed by atoms with Gasteiger partial charge in [0, 0.05) is 67.9 Å². The number of aromatic nitrogens is 3. The molecule has 0 amide bonds. The van der Waals surface area contributed by atoms with Gasteiger partial charge in [-0.2, -0.15) is 0 Å². The van der Waals surface area contributed by atoms with Crippen LogP contribution in [-0.4, -0.2) is 15.0 Å². The Kier molecular flexibility index (Phi) is 14.1. The van der Waals surface area contributed by atoms with Gasteiger partial charge in [-0.15, -0.1) is 0 Å². The lowest BCUT2D eigenvalue weighted by Gasteiger charge is -2.25. The fourth-order valence-corrected chi connectivity index (χ4v) is 10.5. The van der Waals surface area contributed by atoms with E-state index in [9.17, 15) is 0 Å².